The zero-order valence-corrected chi connectivity index (χ0v) is 19.1. The van der Waals surface area contributed by atoms with Crippen LogP contribution in [-0.4, -0.2) is 31.8 Å². The Bertz CT molecular complexity index is 1580. The summed E-state index contributed by atoms with van der Waals surface area (Å²) in [5.41, 5.74) is 1.24. The van der Waals surface area contributed by atoms with Crippen LogP contribution in [0.4, 0.5) is 13.2 Å². The average molecular weight is 498 g/mol. The Labute approximate surface area is 202 Å². The van der Waals surface area contributed by atoms with Crippen LogP contribution < -0.4 is 16.0 Å². The fourth-order valence-electron chi connectivity index (χ4n) is 4.06. The maximum Gasteiger partial charge on any atom is 0.573 e. The molecule has 1 N–H and O–H groups in total. The summed E-state index contributed by atoms with van der Waals surface area (Å²) in [5, 5.41) is 18.3. The molecule has 36 heavy (non-hydrogen) atoms. The fourth-order valence-corrected chi connectivity index (χ4v) is 4.06. The van der Waals surface area contributed by atoms with Crippen LogP contribution in [-0.2, 0) is 20.1 Å². The number of aryl methyl sites for hydroxylation is 1. The van der Waals surface area contributed by atoms with Crippen molar-refractivity contribution < 1.29 is 23.0 Å². The molecule has 0 amide bonds. The van der Waals surface area contributed by atoms with Gasteiger partial charge < -0.3 is 14.4 Å². The van der Waals surface area contributed by atoms with Crippen LogP contribution in [0, 0.1) is 11.3 Å². The van der Waals surface area contributed by atoms with Crippen molar-refractivity contribution in [1.29, 1.82) is 5.26 Å². The highest BCUT2D eigenvalue weighted by molar-refractivity contribution is 5.84. The standard InChI is InChI=1S/C25H21F3N4O4/c1-30-21-13-20(18-4-2-5-19(12-18)36-25(26,27)28)32(15-17-8-6-16(14-29)7-9-17)22(21)23(34)31(24(30)35)10-3-11-33/h2,4-9,12-13,33H,3,10-11,15H2,1H3. The van der Waals surface area contributed by atoms with Gasteiger partial charge in [-0.05, 0) is 42.3 Å². The second-order valence-corrected chi connectivity index (χ2v) is 8.11. The number of hydrogen-bond acceptors (Lipinski definition) is 5. The molecule has 4 rings (SSSR count). The van der Waals surface area contributed by atoms with Gasteiger partial charge in [-0.1, -0.05) is 24.3 Å². The van der Waals surface area contributed by atoms with Crippen LogP contribution >= 0.6 is 0 Å². The number of nitrogens with zero attached hydrogens (tertiary/aromatic N) is 4. The molecule has 0 spiro atoms. The van der Waals surface area contributed by atoms with Gasteiger partial charge >= 0.3 is 12.1 Å². The van der Waals surface area contributed by atoms with Crippen LogP contribution in [0.3, 0.4) is 0 Å². The van der Waals surface area contributed by atoms with Gasteiger partial charge in [0.05, 0.1) is 22.8 Å². The minimum absolute atomic E-state index is 0.00420. The summed E-state index contributed by atoms with van der Waals surface area (Å²) in [7, 11) is 1.50. The summed E-state index contributed by atoms with van der Waals surface area (Å²) in [4.78, 5) is 26.3. The largest absolute Gasteiger partial charge is 0.573 e. The molecule has 0 fully saturated rings. The molecule has 2 aromatic carbocycles. The number of nitriles is 1. The van der Waals surface area contributed by atoms with Crippen molar-refractivity contribution in [2.24, 2.45) is 7.05 Å². The Morgan fingerprint density at radius 2 is 1.78 bits per heavy atom. The maximum atomic E-state index is 13.4. The molecule has 0 saturated heterocycles. The van der Waals surface area contributed by atoms with E-state index in [9.17, 15) is 27.9 Å². The molecular formula is C25H21F3N4O4. The van der Waals surface area contributed by atoms with Gasteiger partial charge in [0.25, 0.3) is 5.56 Å². The van der Waals surface area contributed by atoms with Crippen LogP contribution in [0.1, 0.15) is 17.5 Å². The van der Waals surface area contributed by atoms with Crippen molar-refractivity contribution in [2.45, 2.75) is 25.9 Å². The number of aliphatic hydroxyl groups excluding tert-OH is 1. The third kappa shape index (κ3) is 4.89. The van der Waals surface area contributed by atoms with E-state index in [1.165, 1.54) is 29.8 Å². The number of hydrogen-bond donors (Lipinski definition) is 1. The van der Waals surface area contributed by atoms with Crippen LogP contribution in [0.25, 0.3) is 22.3 Å². The maximum absolute atomic E-state index is 13.4. The molecule has 0 radical (unpaired) electrons. The lowest BCUT2D eigenvalue weighted by Crippen LogP contribution is -2.39. The van der Waals surface area contributed by atoms with Gasteiger partial charge in [0.15, 0.2) is 0 Å². The summed E-state index contributed by atoms with van der Waals surface area (Å²) < 4.78 is 46.5. The van der Waals surface area contributed by atoms with E-state index in [2.05, 4.69) is 4.74 Å². The van der Waals surface area contributed by atoms with E-state index in [0.29, 0.717) is 22.3 Å². The number of alkyl halides is 3. The predicted molar refractivity (Wildman–Crippen MR) is 126 cm³/mol. The van der Waals surface area contributed by atoms with Crippen molar-refractivity contribution in [3.05, 3.63) is 86.6 Å². The number of fused-ring (bicyclic) bond motifs is 1. The van der Waals surface area contributed by atoms with E-state index < -0.39 is 23.4 Å². The number of ether oxygens (including phenoxy) is 1. The number of aliphatic hydroxyl groups is 1. The molecule has 0 bridgehead atoms. The highest BCUT2D eigenvalue weighted by atomic mass is 19.4. The lowest BCUT2D eigenvalue weighted by molar-refractivity contribution is -0.274. The molecular weight excluding hydrogens is 477 g/mol. The first kappa shape index (κ1) is 24.8. The third-order valence-electron chi connectivity index (χ3n) is 5.73. The third-order valence-corrected chi connectivity index (χ3v) is 5.73. The van der Waals surface area contributed by atoms with Crippen LogP contribution in [0.15, 0.2) is 64.2 Å². The smallest absolute Gasteiger partial charge is 0.406 e. The number of halogens is 3. The SMILES string of the molecule is Cn1c(=O)n(CCCO)c(=O)c2c1cc(-c1cccc(OC(F)(F)F)c1)n2Cc1ccc(C#N)cc1. The molecule has 0 aliphatic rings. The van der Waals surface area contributed by atoms with Crippen molar-refractivity contribution in [3.8, 4) is 23.1 Å². The summed E-state index contributed by atoms with van der Waals surface area (Å²) >= 11 is 0. The Hall–Kier alpha value is -4.30. The van der Waals surface area contributed by atoms with Gasteiger partial charge in [0.1, 0.15) is 11.3 Å². The molecule has 11 heteroatoms. The van der Waals surface area contributed by atoms with Crippen molar-refractivity contribution in [1.82, 2.24) is 13.7 Å². The van der Waals surface area contributed by atoms with Gasteiger partial charge in [-0.2, -0.15) is 5.26 Å². The average Bonchev–Trinajstić information content (AvgIpc) is 3.22. The molecule has 8 nitrogen and oxygen atoms in total. The van der Waals surface area contributed by atoms with Crippen LogP contribution in [0.5, 0.6) is 5.75 Å². The number of aromatic nitrogens is 3. The summed E-state index contributed by atoms with van der Waals surface area (Å²) in [5.74, 6) is -0.426. The van der Waals surface area contributed by atoms with E-state index in [4.69, 9.17) is 5.26 Å². The summed E-state index contributed by atoms with van der Waals surface area (Å²) in [6, 6.07) is 15.6. The van der Waals surface area contributed by atoms with Crippen LogP contribution in [0.2, 0.25) is 0 Å². The first-order chi connectivity index (χ1) is 17.1. The first-order valence-corrected chi connectivity index (χ1v) is 10.9. The minimum atomic E-state index is -4.88. The van der Waals surface area contributed by atoms with Crippen molar-refractivity contribution in [2.75, 3.05) is 6.61 Å². The van der Waals surface area contributed by atoms with E-state index in [0.717, 1.165) is 10.1 Å². The van der Waals surface area contributed by atoms with Gasteiger partial charge in [-0.25, -0.2) is 4.79 Å². The monoisotopic (exact) mass is 498 g/mol. The molecule has 186 valence electrons. The van der Waals surface area contributed by atoms with Gasteiger partial charge in [-0.15, -0.1) is 13.2 Å². The Morgan fingerprint density at radius 1 is 1.06 bits per heavy atom. The normalized spacial score (nSPS) is 11.6. The quantitative estimate of drug-likeness (QED) is 0.421. The Kier molecular flexibility index (Phi) is 6.72. The zero-order chi connectivity index (χ0) is 26.0. The van der Waals surface area contributed by atoms with E-state index in [-0.39, 0.29) is 31.6 Å². The topological polar surface area (TPSA) is 102 Å². The molecule has 2 aromatic heterocycles. The second kappa shape index (κ2) is 9.75. The van der Waals surface area contributed by atoms with Gasteiger partial charge in [0, 0.05) is 32.3 Å². The molecule has 4 aromatic rings. The molecule has 0 atom stereocenters. The molecule has 0 unspecified atom stereocenters. The minimum Gasteiger partial charge on any atom is -0.406 e. The lowest BCUT2D eigenvalue weighted by atomic mass is 10.1. The Balaban J connectivity index is 1.97. The number of rotatable bonds is 7. The zero-order valence-electron chi connectivity index (χ0n) is 19.1. The molecule has 2 heterocycles. The summed E-state index contributed by atoms with van der Waals surface area (Å²) in [6.45, 7) is -0.0658. The Morgan fingerprint density at radius 3 is 2.42 bits per heavy atom. The predicted octanol–water partition coefficient (Wildman–Crippen LogP) is 3.37. The fraction of sp³-hybridized carbons (Fsp3) is 0.240. The van der Waals surface area contributed by atoms with Crippen molar-refractivity contribution in [3.63, 3.8) is 0 Å². The van der Waals surface area contributed by atoms with E-state index in [1.807, 2.05) is 6.07 Å². The van der Waals surface area contributed by atoms with Gasteiger partial charge in [0.2, 0.25) is 0 Å². The highest BCUT2D eigenvalue weighted by Crippen LogP contribution is 2.31. The first-order valence-electron chi connectivity index (χ1n) is 10.9. The number of benzene rings is 2. The molecule has 0 saturated carbocycles. The molecule has 0 aliphatic carbocycles. The molecule has 0 aliphatic heterocycles. The highest BCUT2D eigenvalue weighted by Gasteiger charge is 2.31. The van der Waals surface area contributed by atoms with Crippen molar-refractivity contribution >= 4 is 11.0 Å². The van der Waals surface area contributed by atoms with E-state index >= 15 is 0 Å². The van der Waals surface area contributed by atoms with Gasteiger partial charge in [-0.3, -0.25) is 13.9 Å². The summed E-state index contributed by atoms with van der Waals surface area (Å²) in [6.07, 6.45) is -4.68. The lowest BCUT2D eigenvalue weighted by Gasteiger charge is -2.14. The second-order valence-electron chi connectivity index (χ2n) is 8.11. The van der Waals surface area contributed by atoms with E-state index in [1.54, 1.807) is 41.0 Å².